The van der Waals surface area contributed by atoms with Crippen molar-refractivity contribution < 1.29 is 27.2 Å². The second kappa shape index (κ2) is 8.79. The average molecular weight is 519 g/mol. The molecule has 0 amide bonds. The Kier molecular flexibility index (Phi) is 5.75. The number of halogens is 5. The number of hydrogen-bond donors (Lipinski definition) is 1. The maximum Gasteiger partial charge on any atom is 0.493 e. The minimum absolute atomic E-state index is 0.0794. The molecule has 2 aromatic carbocycles. The number of carbonyl (C=O) groups is 1. The van der Waals surface area contributed by atoms with E-state index in [1.54, 1.807) is 24.3 Å². The van der Waals surface area contributed by atoms with Gasteiger partial charge in [-0.1, -0.05) is 23.7 Å². The lowest BCUT2D eigenvalue weighted by Crippen LogP contribution is -2.33. The van der Waals surface area contributed by atoms with Crippen molar-refractivity contribution in [2.75, 3.05) is 5.32 Å². The summed E-state index contributed by atoms with van der Waals surface area (Å²) in [6.45, 7) is 1.82. The molecule has 0 spiro atoms. The van der Waals surface area contributed by atoms with Crippen molar-refractivity contribution in [2.45, 2.75) is 19.1 Å². The summed E-state index contributed by atoms with van der Waals surface area (Å²) in [4.78, 5) is 27.6. The zero-order valence-corrected chi connectivity index (χ0v) is 19.0. The lowest BCUT2D eigenvalue weighted by molar-refractivity contribution is -0.199. The molecule has 5 aromatic rings. The van der Waals surface area contributed by atoms with Gasteiger partial charge in [-0.15, -0.1) is 4.73 Å². The smallest absolute Gasteiger partial charge is 0.360 e. The first-order chi connectivity index (χ1) is 17.1. The fraction of sp³-hybridized carbons (Fsp3) is 0.130. The van der Waals surface area contributed by atoms with E-state index in [0.717, 1.165) is 23.6 Å². The average Bonchev–Trinajstić information content (AvgIpc) is 3.40. The monoisotopic (exact) mass is 518 g/mol. The first-order valence-electron chi connectivity index (χ1n) is 10.4. The van der Waals surface area contributed by atoms with Gasteiger partial charge in [0.25, 0.3) is 0 Å². The summed E-state index contributed by atoms with van der Waals surface area (Å²) in [5, 5.41) is 4.51. The van der Waals surface area contributed by atoms with Crippen LogP contribution in [0.15, 0.2) is 61.2 Å². The van der Waals surface area contributed by atoms with Gasteiger partial charge in [0.15, 0.2) is 11.3 Å². The van der Waals surface area contributed by atoms with Crippen LogP contribution in [0.1, 0.15) is 18.7 Å². The van der Waals surface area contributed by atoms with Gasteiger partial charge >= 0.3 is 12.1 Å². The van der Waals surface area contributed by atoms with Gasteiger partial charge in [0.2, 0.25) is 5.65 Å². The Balaban J connectivity index is 1.54. The molecule has 13 heteroatoms. The Labute approximate surface area is 205 Å². The Morgan fingerprint density at radius 3 is 2.67 bits per heavy atom. The molecule has 0 fully saturated rings. The first kappa shape index (κ1) is 23.5. The molecule has 0 radical (unpaired) electrons. The number of carbonyl (C=O) groups excluding carboxylic acids is 1. The molecule has 1 unspecified atom stereocenters. The number of rotatable bonds is 5. The first-order valence-corrected chi connectivity index (χ1v) is 10.8. The van der Waals surface area contributed by atoms with E-state index < -0.39 is 24.0 Å². The summed E-state index contributed by atoms with van der Waals surface area (Å²) in [7, 11) is 0. The van der Waals surface area contributed by atoms with Crippen LogP contribution >= 0.6 is 11.6 Å². The maximum absolute atomic E-state index is 14.1. The number of benzene rings is 2. The van der Waals surface area contributed by atoms with Crippen LogP contribution in [0.3, 0.4) is 0 Å². The van der Waals surface area contributed by atoms with Crippen molar-refractivity contribution in [3.8, 4) is 5.69 Å². The molecule has 0 aliphatic heterocycles. The molecular weight excluding hydrogens is 504 g/mol. The fourth-order valence-corrected chi connectivity index (χ4v) is 3.99. The van der Waals surface area contributed by atoms with Gasteiger partial charge in [-0.05, 0) is 43.3 Å². The van der Waals surface area contributed by atoms with Crippen molar-refractivity contribution >= 4 is 45.5 Å². The molecule has 0 bridgehead atoms. The van der Waals surface area contributed by atoms with E-state index in [4.69, 9.17) is 11.6 Å². The minimum atomic E-state index is -5.19. The lowest BCUT2D eigenvalue weighted by Gasteiger charge is -2.18. The number of alkyl halides is 3. The number of nitrogens with one attached hydrogen (secondary N) is 1. The van der Waals surface area contributed by atoms with Gasteiger partial charge < -0.3 is 14.7 Å². The third-order valence-corrected chi connectivity index (χ3v) is 5.61. The SMILES string of the molecule is CC(Nc1ncnc2c1ncn2OC(=O)C(F)(F)F)c1cc2ccc(Cl)cc2n1-c1cccc(F)c1. The summed E-state index contributed by atoms with van der Waals surface area (Å²) < 4.78 is 54.3. The highest BCUT2D eigenvalue weighted by Gasteiger charge is 2.42. The zero-order valence-electron chi connectivity index (χ0n) is 18.3. The summed E-state index contributed by atoms with van der Waals surface area (Å²) in [6, 6.07) is 12.8. The minimum Gasteiger partial charge on any atom is -0.360 e. The Morgan fingerprint density at radius 2 is 1.92 bits per heavy atom. The highest BCUT2D eigenvalue weighted by Crippen LogP contribution is 2.32. The Hall–Kier alpha value is -4.19. The quantitative estimate of drug-likeness (QED) is 0.320. The number of imidazole rings is 1. The molecule has 5 rings (SSSR count). The van der Waals surface area contributed by atoms with Gasteiger partial charge in [-0.25, -0.2) is 24.1 Å². The van der Waals surface area contributed by atoms with Crippen LogP contribution in [0, 0.1) is 5.82 Å². The van der Waals surface area contributed by atoms with Crippen molar-refractivity contribution in [3.63, 3.8) is 0 Å². The fourth-order valence-electron chi connectivity index (χ4n) is 3.82. The van der Waals surface area contributed by atoms with E-state index >= 15 is 0 Å². The molecule has 36 heavy (non-hydrogen) atoms. The predicted octanol–water partition coefficient (Wildman–Crippen LogP) is 5.25. The van der Waals surface area contributed by atoms with Crippen LogP contribution in [0.25, 0.3) is 27.8 Å². The van der Waals surface area contributed by atoms with Crippen LogP contribution in [-0.4, -0.2) is 36.4 Å². The van der Waals surface area contributed by atoms with Crippen LogP contribution in [0.5, 0.6) is 0 Å². The summed E-state index contributed by atoms with van der Waals surface area (Å²) >= 11 is 6.22. The number of fused-ring (bicyclic) bond motifs is 2. The van der Waals surface area contributed by atoms with E-state index in [-0.39, 0.29) is 17.0 Å². The van der Waals surface area contributed by atoms with Gasteiger partial charge in [0.1, 0.15) is 18.5 Å². The number of hydrogen-bond acceptors (Lipinski definition) is 6. The van der Waals surface area contributed by atoms with E-state index in [1.165, 1.54) is 12.1 Å². The van der Waals surface area contributed by atoms with Crippen LogP contribution in [0.4, 0.5) is 23.4 Å². The van der Waals surface area contributed by atoms with Crippen molar-refractivity contribution in [2.24, 2.45) is 0 Å². The molecule has 184 valence electrons. The van der Waals surface area contributed by atoms with E-state index in [9.17, 15) is 22.4 Å². The zero-order chi connectivity index (χ0) is 25.6. The molecule has 3 heterocycles. The summed E-state index contributed by atoms with van der Waals surface area (Å²) in [5.74, 6) is -2.65. The normalized spacial score (nSPS) is 12.7. The largest absolute Gasteiger partial charge is 0.493 e. The van der Waals surface area contributed by atoms with Crippen molar-refractivity contribution in [1.29, 1.82) is 0 Å². The molecule has 0 aliphatic carbocycles. The maximum atomic E-state index is 14.1. The highest BCUT2D eigenvalue weighted by atomic mass is 35.5. The third-order valence-electron chi connectivity index (χ3n) is 5.37. The molecule has 0 aliphatic rings. The van der Waals surface area contributed by atoms with Gasteiger partial charge in [-0.3, -0.25) is 0 Å². The topological polar surface area (TPSA) is 86.9 Å². The lowest BCUT2D eigenvalue weighted by atomic mass is 10.2. The molecule has 3 aromatic heterocycles. The van der Waals surface area contributed by atoms with Gasteiger partial charge in [-0.2, -0.15) is 13.2 Å². The Morgan fingerprint density at radius 1 is 1.11 bits per heavy atom. The van der Waals surface area contributed by atoms with Gasteiger partial charge in [0.05, 0.1) is 11.6 Å². The molecule has 1 N–H and O–H groups in total. The molecule has 0 saturated carbocycles. The third kappa shape index (κ3) is 4.31. The van der Waals surface area contributed by atoms with E-state index in [0.29, 0.717) is 21.1 Å². The Bertz CT molecular complexity index is 1610. The summed E-state index contributed by atoms with van der Waals surface area (Å²) in [5.41, 5.74) is 1.96. The summed E-state index contributed by atoms with van der Waals surface area (Å²) in [6.07, 6.45) is -3.20. The molecular formula is C23H15ClF4N6O2. The number of aromatic nitrogens is 5. The number of anilines is 1. The second-order valence-corrected chi connectivity index (χ2v) is 8.23. The van der Waals surface area contributed by atoms with Gasteiger partial charge in [0, 0.05) is 21.8 Å². The van der Waals surface area contributed by atoms with Crippen molar-refractivity contribution in [3.05, 3.63) is 77.7 Å². The predicted molar refractivity (Wildman–Crippen MR) is 123 cm³/mol. The standard InChI is InChI=1S/C23H15ClF4N6O2/c1-12(32-20-19-21(30-10-29-20)33(11-31-19)36-22(35)23(26,27)28)17-7-13-5-6-14(24)8-18(13)34(17)16-4-2-3-15(25)9-16/h2-12H,1H3,(H,29,30,32). The van der Waals surface area contributed by atoms with E-state index in [1.807, 2.05) is 23.6 Å². The van der Waals surface area contributed by atoms with Crippen LogP contribution in [-0.2, 0) is 4.79 Å². The second-order valence-electron chi connectivity index (χ2n) is 7.80. The molecule has 1 atom stereocenters. The van der Waals surface area contributed by atoms with Crippen LogP contribution in [0.2, 0.25) is 5.02 Å². The highest BCUT2D eigenvalue weighted by molar-refractivity contribution is 6.31. The van der Waals surface area contributed by atoms with Crippen LogP contribution < -0.4 is 10.2 Å². The van der Waals surface area contributed by atoms with E-state index in [2.05, 4.69) is 25.1 Å². The molecule has 8 nitrogen and oxygen atoms in total. The van der Waals surface area contributed by atoms with Crippen molar-refractivity contribution in [1.82, 2.24) is 24.2 Å². The number of nitrogens with zero attached hydrogens (tertiary/aromatic N) is 5. The molecule has 0 saturated heterocycles.